The molecule has 26 heavy (non-hydrogen) atoms. The highest BCUT2D eigenvalue weighted by Crippen LogP contribution is 2.38. The molecule has 0 bridgehead atoms. The molecule has 7 heteroatoms. The summed E-state index contributed by atoms with van der Waals surface area (Å²) in [6.07, 6.45) is 0. The predicted octanol–water partition coefficient (Wildman–Crippen LogP) is 2.77. The van der Waals surface area contributed by atoms with Crippen LogP contribution in [0.1, 0.15) is 6.92 Å². The Labute approximate surface area is 158 Å². The number of nitrogens with zero attached hydrogens (tertiary/aromatic N) is 3. The Balaban J connectivity index is 1.80. The minimum atomic E-state index is -0.885. The van der Waals surface area contributed by atoms with Crippen LogP contribution in [0.15, 0.2) is 64.2 Å². The van der Waals surface area contributed by atoms with E-state index in [1.807, 2.05) is 18.2 Å². The molecule has 1 fully saturated rings. The van der Waals surface area contributed by atoms with E-state index in [-0.39, 0.29) is 17.4 Å². The normalized spacial score (nSPS) is 21.8. The van der Waals surface area contributed by atoms with Crippen molar-refractivity contribution in [2.75, 3.05) is 9.91 Å². The van der Waals surface area contributed by atoms with Crippen LogP contribution in [-0.4, -0.2) is 29.4 Å². The monoisotopic (exact) mass is 411 g/mol. The van der Waals surface area contributed by atoms with Crippen LogP contribution in [0.2, 0.25) is 0 Å². The average Bonchev–Trinajstić information content (AvgIpc) is 3.15. The van der Waals surface area contributed by atoms with Gasteiger partial charge in [0.25, 0.3) is 5.91 Å². The molecule has 0 aliphatic carbocycles. The van der Waals surface area contributed by atoms with Crippen molar-refractivity contribution in [1.29, 1.82) is 0 Å². The third-order valence-corrected chi connectivity index (χ3v) is 5.04. The van der Waals surface area contributed by atoms with Gasteiger partial charge < -0.3 is 0 Å². The molecular weight excluding hydrogens is 398 g/mol. The number of hydrogen-bond acceptors (Lipinski definition) is 5. The largest absolute Gasteiger partial charge is 0.293 e. The zero-order valence-corrected chi connectivity index (χ0v) is 15.4. The van der Waals surface area contributed by atoms with Crippen LogP contribution in [0.5, 0.6) is 0 Å². The average molecular weight is 412 g/mol. The van der Waals surface area contributed by atoms with Gasteiger partial charge >= 0.3 is 0 Å². The second-order valence-electron chi connectivity index (χ2n) is 6.13. The van der Waals surface area contributed by atoms with Crippen molar-refractivity contribution in [3.05, 3.63) is 59.1 Å². The summed E-state index contributed by atoms with van der Waals surface area (Å²) in [5.74, 6) is -2.00. The molecule has 2 amide bonds. The Morgan fingerprint density at radius 2 is 1.62 bits per heavy atom. The van der Waals surface area contributed by atoms with Crippen molar-refractivity contribution < 1.29 is 14.4 Å². The lowest BCUT2D eigenvalue weighted by atomic mass is 9.95. The Bertz CT molecular complexity index is 940. The summed E-state index contributed by atoms with van der Waals surface area (Å²) in [4.78, 5) is 39.3. The van der Waals surface area contributed by atoms with Crippen LogP contribution in [0.3, 0.4) is 0 Å². The Morgan fingerprint density at radius 3 is 2.23 bits per heavy atom. The van der Waals surface area contributed by atoms with Gasteiger partial charge in [0.15, 0.2) is 5.78 Å². The van der Waals surface area contributed by atoms with Crippen LogP contribution in [-0.2, 0) is 14.4 Å². The smallest absolute Gasteiger partial charge is 0.259 e. The first-order valence-corrected chi connectivity index (χ1v) is 8.85. The highest BCUT2D eigenvalue weighted by atomic mass is 79.9. The highest BCUT2D eigenvalue weighted by Gasteiger charge is 2.58. The van der Waals surface area contributed by atoms with Crippen LogP contribution >= 0.6 is 15.9 Å². The lowest BCUT2D eigenvalue weighted by molar-refractivity contribution is -0.122. The number of anilines is 2. The van der Waals surface area contributed by atoms with Gasteiger partial charge in [0.2, 0.25) is 5.91 Å². The molecule has 2 aliphatic heterocycles. The first-order valence-electron chi connectivity index (χ1n) is 8.06. The number of imide groups is 1. The third-order valence-electron chi connectivity index (χ3n) is 4.52. The molecule has 2 aromatic rings. The first kappa shape index (κ1) is 16.7. The maximum atomic E-state index is 13.1. The standard InChI is InChI=1S/C19H14BrN3O3/c1-11(24)16-15-17(23(21-16)14-5-3-2-4-6-14)19(26)22(18(15)25)13-9-7-12(20)8-10-13/h2-10,15,17H,1H3. The van der Waals surface area contributed by atoms with E-state index < -0.39 is 17.9 Å². The van der Waals surface area contributed by atoms with Crippen molar-refractivity contribution in [2.45, 2.75) is 13.0 Å². The van der Waals surface area contributed by atoms with Gasteiger partial charge in [-0.3, -0.25) is 19.4 Å². The van der Waals surface area contributed by atoms with E-state index >= 15 is 0 Å². The maximum Gasteiger partial charge on any atom is 0.259 e. The molecule has 0 aromatic heterocycles. The number of amides is 2. The van der Waals surface area contributed by atoms with E-state index in [0.717, 1.165) is 9.37 Å². The van der Waals surface area contributed by atoms with Crippen molar-refractivity contribution in [3.63, 3.8) is 0 Å². The lowest BCUT2D eigenvalue weighted by Gasteiger charge is -2.22. The van der Waals surface area contributed by atoms with Crippen molar-refractivity contribution >= 4 is 50.6 Å². The van der Waals surface area contributed by atoms with Crippen LogP contribution < -0.4 is 9.91 Å². The Morgan fingerprint density at radius 1 is 0.962 bits per heavy atom. The summed E-state index contributed by atoms with van der Waals surface area (Å²) in [6, 6.07) is 15.1. The molecule has 2 unspecified atom stereocenters. The number of carbonyl (C=O) groups excluding carboxylic acids is 3. The number of hydrogen-bond donors (Lipinski definition) is 0. The molecule has 1 saturated heterocycles. The molecule has 2 aromatic carbocycles. The van der Waals surface area contributed by atoms with E-state index in [2.05, 4.69) is 21.0 Å². The highest BCUT2D eigenvalue weighted by molar-refractivity contribution is 9.10. The summed E-state index contributed by atoms with van der Waals surface area (Å²) in [7, 11) is 0. The Kier molecular flexibility index (Phi) is 3.96. The molecule has 0 saturated carbocycles. The molecule has 130 valence electrons. The molecule has 0 radical (unpaired) electrons. The summed E-state index contributed by atoms with van der Waals surface area (Å²) in [5, 5.41) is 5.80. The summed E-state index contributed by atoms with van der Waals surface area (Å²) in [6.45, 7) is 1.37. The van der Waals surface area contributed by atoms with E-state index in [0.29, 0.717) is 11.4 Å². The minimum Gasteiger partial charge on any atom is -0.293 e. The van der Waals surface area contributed by atoms with Crippen LogP contribution in [0, 0.1) is 5.92 Å². The first-order chi connectivity index (χ1) is 12.5. The number of carbonyl (C=O) groups is 3. The fourth-order valence-corrected chi connectivity index (χ4v) is 3.61. The SMILES string of the molecule is CC(=O)C1=NN(c2ccccc2)C2C(=O)N(c3ccc(Br)cc3)C(=O)C12. The van der Waals surface area contributed by atoms with Gasteiger partial charge in [-0.05, 0) is 36.4 Å². The number of para-hydroxylation sites is 1. The Hall–Kier alpha value is -2.80. The number of halogens is 1. The van der Waals surface area contributed by atoms with E-state index in [1.54, 1.807) is 36.4 Å². The zero-order chi connectivity index (χ0) is 18.4. The molecule has 2 aliphatic rings. The quantitative estimate of drug-likeness (QED) is 0.728. The van der Waals surface area contributed by atoms with Gasteiger partial charge in [0.1, 0.15) is 17.7 Å². The molecule has 2 heterocycles. The molecule has 2 atom stereocenters. The topological polar surface area (TPSA) is 70.1 Å². The number of benzene rings is 2. The number of ketones is 1. The van der Waals surface area contributed by atoms with Crippen LogP contribution in [0.4, 0.5) is 11.4 Å². The number of Topliss-reactive ketones (excluding diaryl/α,β-unsaturated/α-hetero) is 1. The van der Waals surface area contributed by atoms with Gasteiger partial charge in [-0.25, -0.2) is 4.90 Å². The maximum absolute atomic E-state index is 13.1. The zero-order valence-electron chi connectivity index (χ0n) is 13.8. The van der Waals surface area contributed by atoms with Gasteiger partial charge in [0.05, 0.1) is 11.4 Å². The van der Waals surface area contributed by atoms with Gasteiger partial charge in [-0.1, -0.05) is 34.1 Å². The van der Waals surface area contributed by atoms with E-state index in [9.17, 15) is 14.4 Å². The number of rotatable bonds is 3. The molecule has 6 nitrogen and oxygen atoms in total. The molecular formula is C19H14BrN3O3. The summed E-state index contributed by atoms with van der Waals surface area (Å²) in [5.41, 5.74) is 1.27. The summed E-state index contributed by atoms with van der Waals surface area (Å²) < 4.78 is 0.845. The van der Waals surface area contributed by atoms with Crippen molar-refractivity contribution in [1.82, 2.24) is 0 Å². The number of hydrazone groups is 1. The third kappa shape index (κ3) is 2.47. The van der Waals surface area contributed by atoms with E-state index in [4.69, 9.17) is 0 Å². The van der Waals surface area contributed by atoms with Crippen molar-refractivity contribution in [3.8, 4) is 0 Å². The fraction of sp³-hybridized carbons (Fsp3) is 0.158. The molecule has 4 rings (SSSR count). The van der Waals surface area contributed by atoms with Gasteiger partial charge in [-0.15, -0.1) is 0 Å². The second kappa shape index (κ2) is 6.17. The number of fused-ring (bicyclic) bond motifs is 1. The van der Waals surface area contributed by atoms with Crippen molar-refractivity contribution in [2.24, 2.45) is 11.0 Å². The minimum absolute atomic E-state index is 0.122. The van der Waals surface area contributed by atoms with Crippen LogP contribution in [0.25, 0.3) is 0 Å². The summed E-state index contributed by atoms with van der Waals surface area (Å²) >= 11 is 3.34. The molecule has 0 N–H and O–H groups in total. The van der Waals surface area contributed by atoms with Gasteiger partial charge in [0, 0.05) is 11.4 Å². The lowest BCUT2D eigenvalue weighted by Crippen LogP contribution is -2.39. The molecule has 0 spiro atoms. The van der Waals surface area contributed by atoms with Gasteiger partial charge in [-0.2, -0.15) is 5.10 Å². The predicted molar refractivity (Wildman–Crippen MR) is 101 cm³/mol. The second-order valence-corrected chi connectivity index (χ2v) is 7.05. The fourth-order valence-electron chi connectivity index (χ4n) is 3.34. The van der Waals surface area contributed by atoms with E-state index in [1.165, 1.54) is 11.9 Å².